The molecule has 0 aliphatic carbocycles. The summed E-state index contributed by atoms with van der Waals surface area (Å²) < 4.78 is 2.50. The molecule has 2 aromatic heterocycles. The second-order valence-electron chi connectivity index (χ2n) is 11.5. The summed E-state index contributed by atoms with van der Waals surface area (Å²) in [5, 5.41) is 10.4. The maximum absolute atomic E-state index is 2.50. The summed E-state index contributed by atoms with van der Waals surface area (Å²) in [7, 11) is 0. The van der Waals surface area contributed by atoms with Crippen molar-refractivity contribution in [2.24, 2.45) is 0 Å². The first-order valence-electron chi connectivity index (χ1n) is 13.1. The molecule has 0 amide bonds. The molecule has 0 spiro atoms. The normalized spacial score (nSPS) is 12.7. The fourth-order valence-corrected chi connectivity index (χ4v) is 6.24. The van der Waals surface area contributed by atoms with Crippen LogP contribution in [0.3, 0.4) is 0 Å². The van der Waals surface area contributed by atoms with Crippen molar-refractivity contribution in [2.45, 2.75) is 26.2 Å². The van der Waals surface area contributed by atoms with Crippen LogP contribution in [-0.4, -0.2) is 4.40 Å². The smallest absolute Gasteiger partial charge is 0.0620 e. The van der Waals surface area contributed by atoms with E-state index in [-0.39, 0.29) is 5.41 Å². The van der Waals surface area contributed by atoms with Gasteiger partial charge in [0.1, 0.15) is 0 Å². The standard InChI is InChI=1S/C36H27N/c1-36(2,3)28-14-12-22(13-15-28)27-18-31-29-16-23-8-4-6-10-25(23)20-33(29)37-34-21-26-11-7-5-9-24(26)17-30(34)32(19-27)35(31)37/h4-21H,1-3H3. The molecule has 0 aliphatic heterocycles. The number of aromatic nitrogens is 1. The molecule has 1 heteroatoms. The summed E-state index contributed by atoms with van der Waals surface area (Å²) in [6.07, 6.45) is 0. The summed E-state index contributed by atoms with van der Waals surface area (Å²) in [4.78, 5) is 0. The molecule has 0 unspecified atom stereocenters. The molecular weight excluding hydrogens is 446 g/mol. The minimum Gasteiger partial charge on any atom is -0.308 e. The van der Waals surface area contributed by atoms with E-state index >= 15 is 0 Å². The van der Waals surface area contributed by atoms with Crippen molar-refractivity contribution in [3.8, 4) is 11.1 Å². The highest BCUT2D eigenvalue weighted by Gasteiger charge is 2.20. The van der Waals surface area contributed by atoms with E-state index < -0.39 is 0 Å². The molecule has 0 fully saturated rings. The molecule has 1 nitrogen and oxygen atoms in total. The molecule has 6 aromatic carbocycles. The lowest BCUT2D eigenvalue weighted by Gasteiger charge is -2.19. The van der Waals surface area contributed by atoms with Gasteiger partial charge < -0.3 is 4.40 Å². The monoisotopic (exact) mass is 473 g/mol. The highest BCUT2D eigenvalue weighted by Crippen LogP contribution is 2.43. The quantitative estimate of drug-likeness (QED) is 0.223. The number of hydrogen-bond donors (Lipinski definition) is 0. The Morgan fingerprint density at radius 3 is 1.38 bits per heavy atom. The number of rotatable bonds is 1. The molecule has 176 valence electrons. The minimum atomic E-state index is 0.144. The lowest BCUT2D eigenvalue weighted by atomic mass is 9.86. The summed E-state index contributed by atoms with van der Waals surface area (Å²) in [5.41, 5.74) is 7.93. The third kappa shape index (κ3) is 2.92. The maximum atomic E-state index is 2.50. The van der Waals surface area contributed by atoms with Gasteiger partial charge in [-0.15, -0.1) is 0 Å². The van der Waals surface area contributed by atoms with E-state index in [4.69, 9.17) is 0 Å². The number of fused-ring (bicyclic) bond motifs is 8. The van der Waals surface area contributed by atoms with Crippen LogP contribution in [-0.2, 0) is 5.41 Å². The lowest BCUT2D eigenvalue weighted by molar-refractivity contribution is 0.590. The van der Waals surface area contributed by atoms with Crippen LogP contribution in [0.25, 0.3) is 70.8 Å². The zero-order valence-electron chi connectivity index (χ0n) is 21.3. The van der Waals surface area contributed by atoms with Crippen LogP contribution < -0.4 is 0 Å². The van der Waals surface area contributed by atoms with E-state index in [9.17, 15) is 0 Å². The third-order valence-electron chi connectivity index (χ3n) is 8.21. The zero-order valence-corrected chi connectivity index (χ0v) is 21.3. The van der Waals surface area contributed by atoms with Crippen LogP contribution in [0.2, 0.25) is 0 Å². The average molecular weight is 474 g/mol. The SMILES string of the molecule is CC(C)(C)c1ccc(-c2cc3c4cc5ccccc5cc4n4c5cc6ccccc6cc5c(c2)c34)cc1. The number of benzene rings is 6. The van der Waals surface area contributed by atoms with Gasteiger partial charge in [-0.3, -0.25) is 0 Å². The minimum absolute atomic E-state index is 0.144. The van der Waals surface area contributed by atoms with Crippen molar-refractivity contribution < 1.29 is 0 Å². The van der Waals surface area contributed by atoms with Gasteiger partial charge in [0.2, 0.25) is 0 Å². The Hall–Kier alpha value is -4.36. The van der Waals surface area contributed by atoms with Crippen LogP contribution >= 0.6 is 0 Å². The van der Waals surface area contributed by atoms with Crippen LogP contribution in [0.4, 0.5) is 0 Å². The van der Waals surface area contributed by atoms with E-state index in [1.54, 1.807) is 0 Å². The van der Waals surface area contributed by atoms with E-state index in [0.717, 1.165) is 0 Å². The van der Waals surface area contributed by atoms with Crippen molar-refractivity contribution in [1.82, 2.24) is 4.40 Å². The van der Waals surface area contributed by atoms with Gasteiger partial charge in [-0.25, -0.2) is 0 Å². The van der Waals surface area contributed by atoms with Crippen LogP contribution in [0.5, 0.6) is 0 Å². The first-order valence-corrected chi connectivity index (χ1v) is 13.1. The Morgan fingerprint density at radius 1 is 0.459 bits per heavy atom. The van der Waals surface area contributed by atoms with Crippen LogP contribution in [0, 0.1) is 0 Å². The van der Waals surface area contributed by atoms with Gasteiger partial charge in [0.25, 0.3) is 0 Å². The lowest BCUT2D eigenvalue weighted by Crippen LogP contribution is -2.10. The van der Waals surface area contributed by atoms with Crippen molar-refractivity contribution >= 4 is 59.6 Å². The highest BCUT2D eigenvalue weighted by atomic mass is 14.9. The number of hydrogen-bond acceptors (Lipinski definition) is 0. The molecule has 0 atom stereocenters. The van der Waals surface area contributed by atoms with Gasteiger partial charge in [-0.2, -0.15) is 0 Å². The van der Waals surface area contributed by atoms with Crippen molar-refractivity contribution in [1.29, 1.82) is 0 Å². The summed E-state index contributed by atoms with van der Waals surface area (Å²) in [6.45, 7) is 6.82. The maximum Gasteiger partial charge on any atom is 0.0620 e. The number of nitrogens with zero attached hydrogens (tertiary/aromatic N) is 1. The Labute approximate surface area is 215 Å². The largest absolute Gasteiger partial charge is 0.308 e. The molecule has 8 rings (SSSR count). The van der Waals surface area contributed by atoms with E-state index in [1.165, 1.54) is 76.3 Å². The molecule has 0 aliphatic rings. The second kappa shape index (κ2) is 7.11. The molecular formula is C36H27N. The molecule has 2 heterocycles. The predicted octanol–water partition coefficient (Wildman–Crippen LogP) is 10.1. The zero-order chi connectivity index (χ0) is 24.9. The van der Waals surface area contributed by atoms with Gasteiger partial charge in [-0.05, 0) is 80.0 Å². The van der Waals surface area contributed by atoms with Crippen molar-refractivity contribution in [2.75, 3.05) is 0 Å². The molecule has 0 N–H and O–H groups in total. The van der Waals surface area contributed by atoms with E-state index in [2.05, 4.69) is 134 Å². The first-order chi connectivity index (χ1) is 18.0. The molecule has 37 heavy (non-hydrogen) atoms. The first kappa shape index (κ1) is 20.8. The molecule has 0 bridgehead atoms. The average Bonchev–Trinajstić information content (AvgIpc) is 3.40. The Balaban J connectivity index is 1.54. The van der Waals surface area contributed by atoms with Crippen LogP contribution in [0.1, 0.15) is 26.3 Å². The van der Waals surface area contributed by atoms with Gasteiger partial charge in [0.15, 0.2) is 0 Å². The van der Waals surface area contributed by atoms with Gasteiger partial charge in [0, 0.05) is 21.5 Å². The molecule has 8 aromatic rings. The van der Waals surface area contributed by atoms with Crippen molar-refractivity contribution in [3.05, 3.63) is 115 Å². The fourth-order valence-electron chi connectivity index (χ4n) is 6.24. The summed E-state index contributed by atoms with van der Waals surface area (Å²) in [6, 6.07) is 40.9. The molecule has 0 saturated heterocycles. The predicted molar refractivity (Wildman–Crippen MR) is 160 cm³/mol. The summed E-state index contributed by atoms with van der Waals surface area (Å²) >= 11 is 0. The molecule has 0 radical (unpaired) electrons. The van der Waals surface area contributed by atoms with E-state index in [0.29, 0.717) is 0 Å². The Morgan fingerprint density at radius 2 is 0.919 bits per heavy atom. The van der Waals surface area contributed by atoms with Gasteiger partial charge in [0.05, 0.1) is 16.6 Å². The second-order valence-corrected chi connectivity index (χ2v) is 11.5. The third-order valence-corrected chi connectivity index (χ3v) is 8.21. The fraction of sp³-hybridized carbons (Fsp3) is 0.111. The van der Waals surface area contributed by atoms with Crippen LogP contribution in [0.15, 0.2) is 109 Å². The summed E-state index contributed by atoms with van der Waals surface area (Å²) in [5.74, 6) is 0. The molecule has 0 saturated carbocycles. The van der Waals surface area contributed by atoms with Gasteiger partial charge in [-0.1, -0.05) is 93.6 Å². The Bertz CT molecular complexity index is 2030. The highest BCUT2D eigenvalue weighted by molar-refractivity contribution is 6.26. The van der Waals surface area contributed by atoms with Gasteiger partial charge >= 0.3 is 0 Å². The topological polar surface area (TPSA) is 4.41 Å². The van der Waals surface area contributed by atoms with Crippen molar-refractivity contribution in [3.63, 3.8) is 0 Å². The Kier molecular flexibility index (Phi) is 4.00. The van der Waals surface area contributed by atoms with E-state index in [1.807, 2.05) is 0 Å².